The summed E-state index contributed by atoms with van der Waals surface area (Å²) in [6, 6.07) is 18.6. The van der Waals surface area contributed by atoms with Crippen molar-refractivity contribution in [2.24, 2.45) is 11.8 Å². The van der Waals surface area contributed by atoms with Crippen LogP contribution in [0.15, 0.2) is 60.7 Å². The molecular weight excluding hydrogens is 447 g/mol. The van der Waals surface area contributed by atoms with E-state index in [9.17, 15) is 19.2 Å². The van der Waals surface area contributed by atoms with Crippen LogP contribution in [0.25, 0.3) is 10.8 Å². The van der Waals surface area contributed by atoms with Crippen molar-refractivity contribution in [2.45, 2.75) is 37.4 Å². The van der Waals surface area contributed by atoms with Crippen LogP contribution in [0.1, 0.15) is 31.7 Å². The third-order valence-electron chi connectivity index (χ3n) is 7.88. The van der Waals surface area contributed by atoms with Gasteiger partial charge in [-0.2, -0.15) is 5.26 Å². The van der Waals surface area contributed by atoms with Gasteiger partial charge in [-0.05, 0) is 56.2 Å². The average Bonchev–Trinajstić information content (AvgIpc) is 3.44. The Labute approximate surface area is 201 Å². The van der Waals surface area contributed by atoms with Gasteiger partial charge in [0.05, 0.1) is 47.0 Å². The highest BCUT2D eigenvalue weighted by molar-refractivity contribution is 6.26. The van der Waals surface area contributed by atoms with E-state index in [4.69, 9.17) is 9.47 Å². The summed E-state index contributed by atoms with van der Waals surface area (Å²) in [7, 11) is 0. The lowest BCUT2D eigenvalue weighted by molar-refractivity contribution is -0.131. The second kappa shape index (κ2) is 7.62. The van der Waals surface area contributed by atoms with E-state index in [2.05, 4.69) is 6.07 Å². The Morgan fingerprint density at radius 1 is 1.03 bits per heavy atom. The quantitative estimate of drug-likeness (QED) is 0.503. The van der Waals surface area contributed by atoms with Gasteiger partial charge in [-0.3, -0.25) is 9.59 Å². The molecule has 2 amide bonds. The lowest BCUT2D eigenvalue weighted by atomic mass is 9.67. The van der Waals surface area contributed by atoms with Gasteiger partial charge in [0.2, 0.25) is 11.8 Å². The molecule has 0 unspecified atom stereocenters. The zero-order chi connectivity index (χ0) is 24.4. The van der Waals surface area contributed by atoms with E-state index in [1.165, 1.54) is 17.0 Å². The number of imide groups is 1. The van der Waals surface area contributed by atoms with Crippen molar-refractivity contribution in [1.82, 2.24) is 0 Å². The summed E-state index contributed by atoms with van der Waals surface area (Å²) in [5.74, 6) is -1.48. The standard InChI is InChI=1S/C28H23FN2O4/c1-27-12-13-28(35-27,14-15-34-19-9-7-18(29)8-10-19)24-23(27)25(32)31(26(24)33)22-11-6-17(16-30)20-4-2-3-5-21(20)22/h2-11,23-24H,12-15H2,1H3/t23-,24+,27-,28-/m1/s1. The Morgan fingerprint density at radius 3 is 2.49 bits per heavy atom. The van der Waals surface area contributed by atoms with E-state index in [-0.39, 0.29) is 24.2 Å². The summed E-state index contributed by atoms with van der Waals surface area (Å²) in [4.78, 5) is 28.9. The summed E-state index contributed by atoms with van der Waals surface area (Å²) < 4.78 is 25.5. The molecule has 176 valence electrons. The number of benzene rings is 3. The van der Waals surface area contributed by atoms with E-state index >= 15 is 0 Å². The van der Waals surface area contributed by atoms with Gasteiger partial charge in [0.1, 0.15) is 11.6 Å². The minimum atomic E-state index is -0.788. The lowest BCUT2D eigenvalue weighted by Crippen LogP contribution is -2.43. The summed E-state index contributed by atoms with van der Waals surface area (Å²) in [5, 5.41) is 10.9. The Morgan fingerprint density at radius 2 is 1.74 bits per heavy atom. The molecule has 7 heteroatoms. The number of carbonyl (C=O) groups excluding carboxylic acids is 2. The number of hydrogen-bond donors (Lipinski definition) is 0. The number of ether oxygens (including phenoxy) is 2. The predicted molar refractivity (Wildman–Crippen MR) is 126 cm³/mol. The van der Waals surface area contributed by atoms with Gasteiger partial charge in [0, 0.05) is 17.2 Å². The molecule has 4 atom stereocenters. The molecule has 0 aliphatic carbocycles. The molecule has 3 saturated heterocycles. The van der Waals surface area contributed by atoms with Crippen molar-refractivity contribution < 1.29 is 23.5 Å². The lowest BCUT2D eigenvalue weighted by Gasteiger charge is -2.31. The third-order valence-corrected chi connectivity index (χ3v) is 7.88. The van der Waals surface area contributed by atoms with E-state index in [1.54, 1.807) is 24.3 Å². The highest BCUT2D eigenvalue weighted by atomic mass is 19.1. The number of carbonyl (C=O) groups is 2. The average molecular weight is 471 g/mol. The molecule has 3 aliphatic heterocycles. The number of amides is 2. The number of halogens is 1. The van der Waals surface area contributed by atoms with Crippen LogP contribution in [0.5, 0.6) is 5.75 Å². The SMILES string of the molecule is C[C@]12CC[C@](CCOc3ccc(F)cc3)(O1)[C@@H]1C(=O)N(c3ccc(C#N)c4ccccc34)C(=O)[C@@H]12. The third kappa shape index (κ3) is 3.10. The molecule has 0 saturated carbocycles. The van der Waals surface area contributed by atoms with Crippen molar-refractivity contribution >= 4 is 28.3 Å². The van der Waals surface area contributed by atoms with Crippen LogP contribution >= 0.6 is 0 Å². The van der Waals surface area contributed by atoms with Gasteiger partial charge in [0.25, 0.3) is 0 Å². The maximum absolute atomic E-state index is 13.9. The van der Waals surface area contributed by atoms with Crippen LogP contribution in [-0.4, -0.2) is 29.6 Å². The van der Waals surface area contributed by atoms with Gasteiger partial charge < -0.3 is 9.47 Å². The first kappa shape index (κ1) is 21.8. The van der Waals surface area contributed by atoms with Crippen molar-refractivity contribution in [1.29, 1.82) is 5.26 Å². The minimum Gasteiger partial charge on any atom is -0.493 e. The number of nitriles is 1. The van der Waals surface area contributed by atoms with Crippen LogP contribution < -0.4 is 9.64 Å². The second-order valence-electron chi connectivity index (χ2n) is 9.79. The molecule has 3 aliphatic rings. The molecule has 3 heterocycles. The Hall–Kier alpha value is -3.76. The fraction of sp³-hybridized carbons (Fsp3) is 0.321. The molecule has 35 heavy (non-hydrogen) atoms. The molecule has 3 fully saturated rings. The van der Waals surface area contributed by atoms with E-state index in [0.717, 1.165) is 0 Å². The zero-order valence-corrected chi connectivity index (χ0v) is 19.2. The summed E-state index contributed by atoms with van der Waals surface area (Å²) in [6.07, 6.45) is 1.80. The van der Waals surface area contributed by atoms with Gasteiger partial charge in [-0.25, -0.2) is 9.29 Å². The highest BCUT2D eigenvalue weighted by Gasteiger charge is 2.73. The molecule has 0 spiro atoms. The van der Waals surface area contributed by atoms with Crippen LogP contribution in [-0.2, 0) is 14.3 Å². The summed E-state index contributed by atoms with van der Waals surface area (Å²) in [6.45, 7) is 2.21. The molecule has 6 nitrogen and oxygen atoms in total. The van der Waals surface area contributed by atoms with Crippen LogP contribution in [0.4, 0.5) is 10.1 Å². The largest absolute Gasteiger partial charge is 0.493 e. The van der Waals surface area contributed by atoms with Crippen molar-refractivity contribution in [2.75, 3.05) is 11.5 Å². The number of fused-ring (bicyclic) bond motifs is 6. The van der Waals surface area contributed by atoms with E-state index < -0.39 is 23.0 Å². The van der Waals surface area contributed by atoms with Gasteiger partial charge in [0.15, 0.2) is 0 Å². The number of hydrogen-bond acceptors (Lipinski definition) is 5. The molecule has 0 aromatic heterocycles. The van der Waals surface area contributed by atoms with Crippen LogP contribution in [0, 0.1) is 29.0 Å². The van der Waals surface area contributed by atoms with Gasteiger partial charge in [-0.1, -0.05) is 24.3 Å². The second-order valence-corrected chi connectivity index (χ2v) is 9.79. The molecule has 2 bridgehead atoms. The van der Waals surface area contributed by atoms with Crippen LogP contribution in [0.2, 0.25) is 0 Å². The molecule has 6 rings (SSSR count). The first-order valence-corrected chi connectivity index (χ1v) is 11.8. The fourth-order valence-corrected chi connectivity index (χ4v) is 6.30. The van der Waals surface area contributed by atoms with Crippen molar-refractivity contribution in [3.63, 3.8) is 0 Å². The first-order chi connectivity index (χ1) is 16.9. The van der Waals surface area contributed by atoms with Crippen molar-refractivity contribution in [3.8, 4) is 11.8 Å². The fourth-order valence-electron chi connectivity index (χ4n) is 6.30. The Balaban J connectivity index is 1.33. The molecule has 3 aromatic rings. The maximum atomic E-state index is 13.9. The molecule has 0 N–H and O–H groups in total. The summed E-state index contributed by atoms with van der Waals surface area (Å²) >= 11 is 0. The molecule has 0 radical (unpaired) electrons. The van der Waals surface area contributed by atoms with Gasteiger partial charge >= 0.3 is 0 Å². The minimum absolute atomic E-state index is 0.251. The Kier molecular flexibility index (Phi) is 4.74. The van der Waals surface area contributed by atoms with Crippen LogP contribution in [0.3, 0.4) is 0 Å². The van der Waals surface area contributed by atoms with Crippen molar-refractivity contribution in [3.05, 3.63) is 72.0 Å². The normalized spacial score (nSPS) is 29.0. The molecular formula is C28H23FN2O4. The predicted octanol–water partition coefficient (Wildman–Crippen LogP) is 4.75. The van der Waals surface area contributed by atoms with E-state index in [1.807, 2.05) is 31.2 Å². The zero-order valence-electron chi connectivity index (χ0n) is 19.2. The van der Waals surface area contributed by atoms with Gasteiger partial charge in [-0.15, -0.1) is 0 Å². The first-order valence-electron chi connectivity index (χ1n) is 11.8. The smallest absolute Gasteiger partial charge is 0.240 e. The monoisotopic (exact) mass is 470 g/mol. The maximum Gasteiger partial charge on any atom is 0.240 e. The highest BCUT2D eigenvalue weighted by Crippen LogP contribution is 2.62. The number of nitrogens with zero attached hydrogens (tertiary/aromatic N) is 2. The number of rotatable bonds is 5. The summed E-state index contributed by atoms with van der Waals surface area (Å²) in [5.41, 5.74) is -0.508. The van der Waals surface area contributed by atoms with E-state index in [0.29, 0.717) is 47.0 Å². The Bertz CT molecular complexity index is 1410. The topological polar surface area (TPSA) is 79.6 Å². The molecule has 3 aromatic carbocycles. The number of anilines is 1.